The largest absolute Gasteiger partial charge is 0.506 e. The zero-order chi connectivity index (χ0) is 10.0. The lowest BCUT2D eigenvalue weighted by atomic mass is 10.1. The summed E-state index contributed by atoms with van der Waals surface area (Å²) in [5, 5.41) is 9.53. The normalized spacial score (nSPS) is 12.0. The van der Waals surface area contributed by atoms with Crippen molar-refractivity contribution in [1.29, 1.82) is 0 Å². The molecule has 0 saturated heterocycles. The maximum atomic E-state index is 9.53. The second-order valence-electron chi connectivity index (χ2n) is 2.85. The Bertz CT molecular complexity index is 297. The van der Waals surface area contributed by atoms with Crippen LogP contribution in [0.1, 0.15) is 24.9 Å². The molecule has 0 aromatic heterocycles. The maximum absolute atomic E-state index is 9.53. The number of halogens is 3. The highest BCUT2D eigenvalue weighted by atomic mass is 127. The van der Waals surface area contributed by atoms with Gasteiger partial charge in [0.2, 0.25) is 0 Å². The zero-order valence-electron chi connectivity index (χ0n) is 7.63. The molecule has 1 aromatic carbocycles. The van der Waals surface area contributed by atoms with E-state index in [9.17, 15) is 5.11 Å². The summed E-state index contributed by atoms with van der Waals surface area (Å²) in [5.74, 6) is 0.355. The van der Waals surface area contributed by atoms with E-state index in [-0.39, 0.29) is 18.4 Å². The lowest BCUT2D eigenvalue weighted by Gasteiger charge is -2.11. The van der Waals surface area contributed by atoms with Crippen LogP contribution in [0.4, 0.5) is 0 Å². The van der Waals surface area contributed by atoms with Crippen LogP contribution in [0.5, 0.6) is 5.75 Å². The second-order valence-corrected chi connectivity index (χ2v) is 5.17. The Morgan fingerprint density at radius 2 is 1.79 bits per heavy atom. The van der Waals surface area contributed by atoms with Crippen molar-refractivity contribution in [2.45, 2.75) is 19.4 Å². The van der Waals surface area contributed by atoms with Crippen molar-refractivity contribution in [3.05, 3.63) is 24.8 Å². The lowest BCUT2D eigenvalue weighted by molar-refractivity contribution is 0.467. The molecule has 0 radical (unpaired) electrons. The predicted octanol–water partition coefficient (Wildman–Crippen LogP) is 3.43. The molecule has 80 valence electrons. The van der Waals surface area contributed by atoms with Gasteiger partial charge < -0.3 is 10.8 Å². The quantitative estimate of drug-likeness (QED) is 0.694. The van der Waals surface area contributed by atoms with Crippen LogP contribution in [0.25, 0.3) is 0 Å². The van der Waals surface area contributed by atoms with Crippen LogP contribution >= 0.6 is 57.6 Å². The molecule has 5 heteroatoms. The summed E-state index contributed by atoms with van der Waals surface area (Å²) in [5.41, 5.74) is 6.99. The third-order valence-electron chi connectivity index (χ3n) is 1.91. The van der Waals surface area contributed by atoms with Crippen molar-refractivity contribution in [2.75, 3.05) is 0 Å². The smallest absolute Gasteiger partial charge is 0.142 e. The van der Waals surface area contributed by atoms with Gasteiger partial charge in [0.25, 0.3) is 0 Å². The standard InChI is InChI=1S/C9H11I2NO.ClH/c1-2-8(12)5-3-6(10)9(13)7(11)4-5;/h3-4,8,13H,2,12H2,1H3;1H/t8-;/m0./s1. The summed E-state index contributed by atoms with van der Waals surface area (Å²) in [6.07, 6.45) is 0.914. The van der Waals surface area contributed by atoms with Crippen molar-refractivity contribution >= 4 is 57.6 Å². The Labute approximate surface area is 117 Å². The fourth-order valence-electron chi connectivity index (χ4n) is 1.03. The van der Waals surface area contributed by atoms with Crippen LogP contribution in [0.15, 0.2) is 12.1 Å². The van der Waals surface area contributed by atoms with Gasteiger partial charge in [-0.25, -0.2) is 0 Å². The molecule has 14 heavy (non-hydrogen) atoms. The van der Waals surface area contributed by atoms with Crippen LogP contribution in [0.2, 0.25) is 0 Å². The third-order valence-corrected chi connectivity index (χ3v) is 3.55. The van der Waals surface area contributed by atoms with E-state index < -0.39 is 0 Å². The first-order valence-corrected chi connectivity index (χ1v) is 6.15. The molecule has 1 rings (SSSR count). The summed E-state index contributed by atoms with van der Waals surface area (Å²) >= 11 is 4.23. The monoisotopic (exact) mass is 439 g/mol. The molecule has 3 N–H and O–H groups in total. The highest BCUT2D eigenvalue weighted by Crippen LogP contribution is 2.29. The third kappa shape index (κ3) is 3.39. The van der Waals surface area contributed by atoms with Gasteiger partial charge in [0.15, 0.2) is 0 Å². The SMILES string of the molecule is CC[C@H](N)c1cc(I)c(O)c(I)c1.Cl. The Balaban J connectivity index is 0.00000169. The Morgan fingerprint density at radius 1 is 1.36 bits per heavy atom. The molecule has 1 atom stereocenters. The topological polar surface area (TPSA) is 46.2 Å². The Morgan fingerprint density at radius 3 is 2.14 bits per heavy atom. The fraction of sp³-hybridized carbons (Fsp3) is 0.333. The molecular weight excluding hydrogens is 427 g/mol. The van der Waals surface area contributed by atoms with Gasteiger partial charge in [-0.2, -0.15) is 0 Å². The maximum Gasteiger partial charge on any atom is 0.142 e. The van der Waals surface area contributed by atoms with Crippen LogP contribution < -0.4 is 5.73 Å². The Hall–Kier alpha value is 0.730. The van der Waals surface area contributed by atoms with Gasteiger partial charge in [-0.1, -0.05) is 6.92 Å². The molecule has 0 aliphatic rings. The van der Waals surface area contributed by atoms with Crippen molar-refractivity contribution < 1.29 is 5.11 Å². The highest BCUT2D eigenvalue weighted by molar-refractivity contribution is 14.1. The molecule has 0 aliphatic heterocycles. The molecule has 0 saturated carbocycles. The zero-order valence-corrected chi connectivity index (χ0v) is 12.8. The summed E-state index contributed by atoms with van der Waals surface area (Å²) < 4.78 is 1.73. The number of hydrogen-bond donors (Lipinski definition) is 2. The molecule has 1 aromatic rings. The van der Waals surface area contributed by atoms with E-state index >= 15 is 0 Å². The molecule has 0 heterocycles. The molecule has 0 unspecified atom stereocenters. The first-order chi connectivity index (χ1) is 6.06. The van der Waals surface area contributed by atoms with E-state index in [0.717, 1.165) is 19.1 Å². The molecule has 0 bridgehead atoms. The average molecular weight is 439 g/mol. The van der Waals surface area contributed by atoms with Gasteiger partial charge in [0.05, 0.1) is 7.14 Å². The minimum atomic E-state index is 0. The van der Waals surface area contributed by atoms with Gasteiger partial charge in [0, 0.05) is 6.04 Å². The minimum absolute atomic E-state index is 0. The summed E-state index contributed by atoms with van der Waals surface area (Å²) in [6.45, 7) is 2.05. The Kier molecular flexibility index (Phi) is 6.67. The van der Waals surface area contributed by atoms with Crippen molar-refractivity contribution in [2.24, 2.45) is 5.73 Å². The molecule has 0 fully saturated rings. The predicted molar refractivity (Wildman–Crippen MR) is 78.0 cm³/mol. The first-order valence-electron chi connectivity index (χ1n) is 3.99. The van der Waals surface area contributed by atoms with Gasteiger partial charge in [-0.15, -0.1) is 12.4 Å². The molecule has 0 amide bonds. The molecule has 2 nitrogen and oxygen atoms in total. The number of rotatable bonds is 2. The number of aromatic hydroxyl groups is 1. The van der Waals surface area contributed by atoms with Gasteiger partial charge in [-0.3, -0.25) is 0 Å². The number of benzene rings is 1. The first kappa shape index (κ1) is 14.7. The van der Waals surface area contributed by atoms with Crippen LogP contribution in [-0.2, 0) is 0 Å². The van der Waals surface area contributed by atoms with E-state index in [2.05, 4.69) is 52.1 Å². The van der Waals surface area contributed by atoms with Crippen LogP contribution in [-0.4, -0.2) is 5.11 Å². The fourth-order valence-corrected chi connectivity index (χ4v) is 2.85. The number of hydrogen-bond acceptors (Lipinski definition) is 2. The van der Waals surface area contributed by atoms with E-state index in [1.54, 1.807) is 0 Å². The molecule has 0 spiro atoms. The van der Waals surface area contributed by atoms with E-state index in [0.29, 0.717) is 5.75 Å². The second kappa shape index (κ2) is 6.34. The lowest BCUT2D eigenvalue weighted by Crippen LogP contribution is -2.09. The highest BCUT2D eigenvalue weighted by Gasteiger charge is 2.09. The van der Waals surface area contributed by atoms with Gasteiger partial charge in [0.1, 0.15) is 5.75 Å². The average Bonchev–Trinajstić information content (AvgIpc) is 2.12. The molecular formula is C9H12ClI2NO. The van der Waals surface area contributed by atoms with Crippen LogP contribution in [0, 0.1) is 7.14 Å². The number of nitrogens with two attached hydrogens (primary N) is 1. The van der Waals surface area contributed by atoms with Gasteiger partial charge in [-0.05, 0) is 69.3 Å². The van der Waals surface area contributed by atoms with E-state index in [4.69, 9.17) is 5.73 Å². The molecule has 0 aliphatic carbocycles. The van der Waals surface area contributed by atoms with E-state index in [1.807, 2.05) is 12.1 Å². The summed E-state index contributed by atoms with van der Waals surface area (Å²) in [6, 6.07) is 3.95. The number of phenolic OH excluding ortho intramolecular Hbond substituents is 1. The summed E-state index contributed by atoms with van der Waals surface area (Å²) in [7, 11) is 0. The van der Waals surface area contributed by atoms with Gasteiger partial charge >= 0.3 is 0 Å². The van der Waals surface area contributed by atoms with Crippen LogP contribution in [0.3, 0.4) is 0 Å². The van der Waals surface area contributed by atoms with E-state index in [1.165, 1.54) is 0 Å². The minimum Gasteiger partial charge on any atom is -0.506 e. The van der Waals surface area contributed by atoms with Crippen molar-refractivity contribution in [3.8, 4) is 5.75 Å². The summed E-state index contributed by atoms with van der Waals surface area (Å²) in [4.78, 5) is 0. The number of phenols is 1. The van der Waals surface area contributed by atoms with Crippen molar-refractivity contribution in [3.63, 3.8) is 0 Å². The van der Waals surface area contributed by atoms with Crippen molar-refractivity contribution in [1.82, 2.24) is 0 Å².